The summed E-state index contributed by atoms with van der Waals surface area (Å²) in [5.41, 5.74) is 0.861. The fourth-order valence-corrected chi connectivity index (χ4v) is 2.63. The van der Waals surface area contributed by atoms with E-state index < -0.39 is 15.8 Å². The molecule has 0 aliphatic rings. The quantitative estimate of drug-likeness (QED) is 0.775. The van der Waals surface area contributed by atoms with Crippen LogP contribution in [0, 0.1) is 0 Å². The Hall–Kier alpha value is -1.44. The molecule has 1 atom stereocenters. The smallest absolute Gasteiger partial charge is 0.317 e. The van der Waals surface area contributed by atoms with Crippen LogP contribution in [0.4, 0.5) is 0 Å². The van der Waals surface area contributed by atoms with Crippen molar-refractivity contribution in [3.63, 3.8) is 0 Å². The van der Waals surface area contributed by atoms with Crippen LogP contribution in [0.15, 0.2) is 29.2 Å². The normalized spacial score (nSPS) is 13.3. The number of methoxy groups -OCH3 is 1. The second-order valence-electron chi connectivity index (χ2n) is 4.87. The van der Waals surface area contributed by atoms with Crippen LogP contribution in [-0.4, -0.2) is 57.5 Å². The number of hydrogen-bond acceptors (Lipinski definition) is 5. The topological polar surface area (TPSA) is 83.9 Å². The molecule has 1 aromatic carbocycles. The van der Waals surface area contributed by atoms with Crippen LogP contribution in [0.1, 0.15) is 18.5 Å². The van der Waals surface area contributed by atoms with Crippen LogP contribution in [0.2, 0.25) is 0 Å². The maximum Gasteiger partial charge on any atom is 0.317 e. The largest absolute Gasteiger partial charge is 0.480 e. The molecule has 1 unspecified atom stereocenters. The molecule has 0 amide bonds. The minimum atomic E-state index is -3.23. The molecule has 0 bridgehead atoms. The molecule has 6 nitrogen and oxygen atoms in total. The Morgan fingerprint density at radius 1 is 1.33 bits per heavy atom. The molecule has 0 aromatic heterocycles. The number of hydrogen-bond donors (Lipinski definition) is 1. The van der Waals surface area contributed by atoms with Crippen LogP contribution < -0.4 is 0 Å². The number of carbonyl (C=O) groups is 1. The van der Waals surface area contributed by atoms with E-state index in [4.69, 9.17) is 9.84 Å². The summed E-state index contributed by atoms with van der Waals surface area (Å²) in [6, 6.07) is 6.35. The van der Waals surface area contributed by atoms with Crippen LogP contribution in [0.3, 0.4) is 0 Å². The van der Waals surface area contributed by atoms with E-state index in [0.29, 0.717) is 13.2 Å². The van der Waals surface area contributed by atoms with Crippen LogP contribution in [-0.2, 0) is 19.4 Å². The van der Waals surface area contributed by atoms with Gasteiger partial charge in [0.15, 0.2) is 9.84 Å². The van der Waals surface area contributed by atoms with Gasteiger partial charge in [0, 0.05) is 26.0 Å². The zero-order chi connectivity index (χ0) is 16.0. The zero-order valence-corrected chi connectivity index (χ0v) is 13.3. The maximum absolute atomic E-state index is 11.4. The third kappa shape index (κ3) is 5.45. The molecule has 0 fully saturated rings. The van der Waals surface area contributed by atoms with Crippen molar-refractivity contribution in [3.8, 4) is 0 Å². The first-order chi connectivity index (χ1) is 9.75. The second kappa shape index (κ2) is 7.53. The maximum atomic E-state index is 11.4. The highest BCUT2D eigenvalue weighted by Gasteiger charge is 2.18. The van der Waals surface area contributed by atoms with Crippen molar-refractivity contribution in [2.45, 2.75) is 17.9 Å². The van der Waals surface area contributed by atoms with Crippen molar-refractivity contribution in [3.05, 3.63) is 29.8 Å². The molecule has 1 aromatic rings. The van der Waals surface area contributed by atoms with Gasteiger partial charge in [-0.25, -0.2) is 8.42 Å². The lowest BCUT2D eigenvalue weighted by molar-refractivity contribution is -0.139. The third-order valence-electron chi connectivity index (χ3n) is 3.26. The molecule has 0 spiro atoms. The summed E-state index contributed by atoms with van der Waals surface area (Å²) in [4.78, 5) is 12.9. The molecule has 0 saturated carbocycles. The Kier molecular flexibility index (Phi) is 6.32. The summed E-state index contributed by atoms with van der Waals surface area (Å²) >= 11 is 0. The summed E-state index contributed by atoms with van der Waals surface area (Å²) < 4.78 is 27.8. The summed E-state index contributed by atoms with van der Waals surface area (Å²) in [6.07, 6.45) is 1.15. The van der Waals surface area contributed by atoms with Gasteiger partial charge in [0.2, 0.25) is 0 Å². The Bertz CT molecular complexity index is 568. The SMILES string of the molecule is COCCN(CC(=O)O)C(C)c1ccc(S(C)(=O)=O)cc1. The van der Waals surface area contributed by atoms with Gasteiger partial charge in [-0.15, -0.1) is 0 Å². The van der Waals surface area contributed by atoms with Crippen molar-refractivity contribution in [2.75, 3.05) is 33.1 Å². The number of carboxylic acid groups (broad SMARTS) is 1. The zero-order valence-electron chi connectivity index (χ0n) is 12.4. The first kappa shape index (κ1) is 17.6. The molecule has 0 aliphatic carbocycles. The van der Waals surface area contributed by atoms with E-state index in [1.165, 1.54) is 12.1 Å². The molecule has 1 rings (SSSR count). The summed E-state index contributed by atoms with van der Waals surface area (Å²) in [5, 5.41) is 8.97. The van der Waals surface area contributed by atoms with Gasteiger partial charge < -0.3 is 9.84 Å². The van der Waals surface area contributed by atoms with E-state index in [1.807, 2.05) is 6.92 Å². The number of benzene rings is 1. The van der Waals surface area contributed by atoms with Gasteiger partial charge in [-0.2, -0.15) is 0 Å². The molecule has 0 heterocycles. The lowest BCUT2D eigenvalue weighted by Crippen LogP contribution is -2.35. The van der Waals surface area contributed by atoms with Crippen molar-refractivity contribution >= 4 is 15.8 Å². The first-order valence-electron chi connectivity index (χ1n) is 6.50. The van der Waals surface area contributed by atoms with Gasteiger partial charge in [-0.05, 0) is 24.6 Å². The van der Waals surface area contributed by atoms with Crippen molar-refractivity contribution < 1.29 is 23.1 Å². The second-order valence-corrected chi connectivity index (χ2v) is 6.89. The molecular weight excluding hydrogens is 294 g/mol. The number of rotatable bonds is 8. The summed E-state index contributed by atoms with van der Waals surface area (Å²) in [6.45, 7) is 2.70. The van der Waals surface area contributed by atoms with Crippen LogP contribution in [0.5, 0.6) is 0 Å². The van der Waals surface area contributed by atoms with Gasteiger partial charge in [0.25, 0.3) is 0 Å². The van der Waals surface area contributed by atoms with Crippen molar-refractivity contribution in [1.82, 2.24) is 4.90 Å². The highest BCUT2D eigenvalue weighted by Crippen LogP contribution is 2.21. The molecule has 1 N–H and O–H groups in total. The van der Waals surface area contributed by atoms with E-state index in [-0.39, 0.29) is 17.5 Å². The number of nitrogens with zero attached hydrogens (tertiary/aromatic N) is 1. The van der Waals surface area contributed by atoms with Crippen molar-refractivity contribution in [2.24, 2.45) is 0 Å². The Morgan fingerprint density at radius 2 is 1.90 bits per heavy atom. The summed E-state index contributed by atoms with van der Waals surface area (Å²) in [5.74, 6) is -0.911. The first-order valence-corrected chi connectivity index (χ1v) is 8.39. The molecule has 118 valence electrons. The lowest BCUT2D eigenvalue weighted by Gasteiger charge is -2.27. The predicted octanol–water partition coefficient (Wildman–Crippen LogP) is 1.18. The number of sulfone groups is 1. The molecule has 0 radical (unpaired) electrons. The molecular formula is C14H21NO5S. The standard InChI is InChI=1S/C14H21NO5S/c1-11(15(8-9-20-2)10-14(16)17)12-4-6-13(7-5-12)21(3,18)19/h4-7,11H,8-10H2,1-3H3,(H,16,17). The van der Waals surface area contributed by atoms with Crippen molar-refractivity contribution in [1.29, 1.82) is 0 Å². The van der Waals surface area contributed by atoms with E-state index in [0.717, 1.165) is 11.8 Å². The fourth-order valence-electron chi connectivity index (χ4n) is 2.00. The van der Waals surface area contributed by atoms with E-state index >= 15 is 0 Å². The van der Waals surface area contributed by atoms with Crippen LogP contribution in [0.25, 0.3) is 0 Å². The predicted molar refractivity (Wildman–Crippen MR) is 79.1 cm³/mol. The lowest BCUT2D eigenvalue weighted by atomic mass is 10.1. The highest BCUT2D eigenvalue weighted by atomic mass is 32.2. The average Bonchev–Trinajstić information content (AvgIpc) is 2.41. The van der Waals surface area contributed by atoms with Crippen LogP contribution >= 0.6 is 0 Å². The summed E-state index contributed by atoms with van der Waals surface area (Å²) in [7, 11) is -1.67. The minimum absolute atomic E-state index is 0.0989. The molecule has 0 saturated heterocycles. The molecule has 0 aliphatic heterocycles. The van der Waals surface area contributed by atoms with E-state index in [1.54, 1.807) is 24.1 Å². The van der Waals surface area contributed by atoms with Gasteiger partial charge in [-0.1, -0.05) is 12.1 Å². The molecule has 7 heteroatoms. The van der Waals surface area contributed by atoms with E-state index in [2.05, 4.69) is 0 Å². The molecule has 21 heavy (non-hydrogen) atoms. The van der Waals surface area contributed by atoms with Gasteiger partial charge in [0.05, 0.1) is 18.0 Å². The van der Waals surface area contributed by atoms with Gasteiger partial charge >= 0.3 is 5.97 Å². The number of carboxylic acids is 1. The van der Waals surface area contributed by atoms with Gasteiger partial charge in [0.1, 0.15) is 0 Å². The average molecular weight is 315 g/mol. The number of ether oxygens (including phenoxy) is 1. The number of aliphatic carboxylic acids is 1. The minimum Gasteiger partial charge on any atom is -0.480 e. The van der Waals surface area contributed by atoms with E-state index in [9.17, 15) is 13.2 Å². The third-order valence-corrected chi connectivity index (χ3v) is 4.39. The fraction of sp³-hybridized carbons (Fsp3) is 0.500. The monoisotopic (exact) mass is 315 g/mol. The Labute approximate surface area is 125 Å². The Morgan fingerprint density at radius 3 is 2.33 bits per heavy atom. The Balaban J connectivity index is 2.92. The highest BCUT2D eigenvalue weighted by molar-refractivity contribution is 7.90. The van der Waals surface area contributed by atoms with Gasteiger partial charge in [-0.3, -0.25) is 9.69 Å².